The van der Waals surface area contributed by atoms with Gasteiger partial charge in [-0.25, -0.2) is 4.98 Å². The average Bonchev–Trinajstić information content (AvgIpc) is 3.16. The predicted molar refractivity (Wildman–Crippen MR) is 83.7 cm³/mol. The third-order valence-corrected chi connectivity index (χ3v) is 5.40. The molecule has 1 aromatic rings. The number of aliphatic hydroxyl groups excluding tert-OH is 1. The Kier molecular flexibility index (Phi) is 4.30. The summed E-state index contributed by atoms with van der Waals surface area (Å²) in [7, 11) is 0. The fourth-order valence-electron chi connectivity index (χ4n) is 3.06. The zero-order valence-corrected chi connectivity index (χ0v) is 12.9. The van der Waals surface area contributed by atoms with E-state index in [9.17, 15) is 9.90 Å². The van der Waals surface area contributed by atoms with Crippen LogP contribution >= 0.6 is 11.3 Å². The summed E-state index contributed by atoms with van der Waals surface area (Å²) in [5.41, 5.74) is 5.96. The van der Waals surface area contributed by atoms with E-state index in [2.05, 4.69) is 9.88 Å². The molecule has 0 aliphatic carbocycles. The summed E-state index contributed by atoms with van der Waals surface area (Å²) in [5, 5.41) is 10.1. The minimum atomic E-state index is -0.0337. The number of carbonyl (C=O) groups excluding carboxylic acids is 1. The molecule has 2 fully saturated rings. The lowest BCUT2D eigenvalue weighted by atomic mass is 9.99. The summed E-state index contributed by atoms with van der Waals surface area (Å²) in [5.74, 6) is 0.501. The minimum Gasteiger partial charge on any atom is -0.396 e. The highest BCUT2D eigenvalue weighted by molar-refractivity contribution is 7.18. The first-order valence-corrected chi connectivity index (χ1v) is 8.42. The van der Waals surface area contributed by atoms with Crippen LogP contribution in [0.4, 0.5) is 10.9 Å². The number of anilines is 2. The molecular formula is C14H22N4O2S. The predicted octanol–water partition coefficient (Wildman–Crippen LogP) is 1.17. The highest BCUT2D eigenvalue weighted by Crippen LogP contribution is 2.32. The largest absolute Gasteiger partial charge is 0.396 e. The smallest absolute Gasteiger partial charge is 0.267 e. The molecule has 6 nitrogen and oxygen atoms in total. The van der Waals surface area contributed by atoms with Crippen LogP contribution in [0.2, 0.25) is 0 Å². The van der Waals surface area contributed by atoms with E-state index in [0.29, 0.717) is 17.2 Å². The third-order valence-electron chi connectivity index (χ3n) is 4.28. The quantitative estimate of drug-likeness (QED) is 0.876. The first kappa shape index (κ1) is 14.6. The number of hydrogen-bond acceptors (Lipinski definition) is 6. The first-order chi connectivity index (χ1) is 10.2. The Balaban J connectivity index is 1.74. The molecule has 3 heterocycles. The number of likely N-dealkylation sites (tertiary alicyclic amines) is 1. The van der Waals surface area contributed by atoms with Gasteiger partial charge in [0.25, 0.3) is 5.91 Å². The number of piperidine rings is 1. The van der Waals surface area contributed by atoms with E-state index in [4.69, 9.17) is 5.73 Å². The Labute approximate surface area is 128 Å². The number of thiazole rings is 1. The van der Waals surface area contributed by atoms with Gasteiger partial charge in [0.15, 0.2) is 5.13 Å². The number of rotatable bonds is 3. The van der Waals surface area contributed by atoms with E-state index in [0.717, 1.165) is 37.6 Å². The molecule has 0 spiro atoms. The van der Waals surface area contributed by atoms with E-state index in [1.54, 1.807) is 0 Å². The molecule has 1 amide bonds. The highest BCUT2D eigenvalue weighted by atomic mass is 32.1. The van der Waals surface area contributed by atoms with Crippen LogP contribution in [0, 0.1) is 5.92 Å². The molecule has 3 N–H and O–H groups in total. The molecule has 2 aliphatic heterocycles. The summed E-state index contributed by atoms with van der Waals surface area (Å²) in [6.07, 6.45) is 4.27. The van der Waals surface area contributed by atoms with Crippen LogP contribution in [0.5, 0.6) is 0 Å². The van der Waals surface area contributed by atoms with Gasteiger partial charge in [-0.05, 0) is 31.6 Å². The second-order valence-corrected chi connectivity index (χ2v) is 6.82. The van der Waals surface area contributed by atoms with Crippen LogP contribution in [0.25, 0.3) is 0 Å². The van der Waals surface area contributed by atoms with Crippen molar-refractivity contribution in [2.75, 3.05) is 43.4 Å². The van der Waals surface area contributed by atoms with Crippen LogP contribution < -0.4 is 10.6 Å². The SMILES string of the molecule is Nc1nc(N2CCCC2)sc1C(=O)N1CCCC(CO)C1. The Morgan fingerprint density at radius 2 is 2.10 bits per heavy atom. The number of aliphatic hydroxyl groups is 1. The van der Waals surface area contributed by atoms with Gasteiger partial charge in [-0.15, -0.1) is 0 Å². The van der Waals surface area contributed by atoms with Gasteiger partial charge < -0.3 is 20.6 Å². The second kappa shape index (κ2) is 6.19. The lowest BCUT2D eigenvalue weighted by Gasteiger charge is -2.31. The molecule has 0 radical (unpaired) electrons. The summed E-state index contributed by atoms with van der Waals surface area (Å²) in [6.45, 7) is 3.49. The fraction of sp³-hybridized carbons (Fsp3) is 0.714. The van der Waals surface area contributed by atoms with Gasteiger partial charge in [-0.3, -0.25) is 4.79 Å². The lowest BCUT2D eigenvalue weighted by Crippen LogP contribution is -2.40. The number of carbonyl (C=O) groups is 1. The van der Waals surface area contributed by atoms with Crippen molar-refractivity contribution >= 4 is 28.2 Å². The van der Waals surface area contributed by atoms with Crippen molar-refractivity contribution in [3.05, 3.63) is 4.88 Å². The van der Waals surface area contributed by atoms with E-state index in [1.165, 1.54) is 24.2 Å². The molecule has 2 saturated heterocycles. The maximum atomic E-state index is 12.6. The molecule has 0 bridgehead atoms. The van der Waals surface area contributed by atoms with Crippen LogP contribution in [0.15, 0.2) is 0 Å². The highest BCUT2D eigenvalue weighted by Gasteiger charge is 2.28. The van der Waals surface area contributed by atoms with Gasteiger partial charge in [0.1, 0.15) is 10.7 Å². The zero-order valence-electron chi connectivity index (χ0n) is 12.1. The normalized spacial score (nSPS) is 22.8. The maximum absolute atomic E-state index is 12.6. The Bertz CT molecular complexity index is 513. The van der Waals surface area contributed by atoms with Crippen LogP contribution in [-0.4, -0.2) is 53.7 Å². The van der Waals surface area contributed by atoms with E-state index < -0.39 is 0 Å². The van der Waals surface area contributed by atoms with Crippen molar-refractivity contribution in [1.82, 2.24) is 9.88 Å². The van der Waals surface area contributed by atoms with Crippen LogP contribution in [-0.2, 0) is 0 Å². The number of nitrogens with two attached hydrogens (primary N) is 1. The molecule has 1 atom stereocenters. The fourth-order valence-corrected chi connectivity index (χ4v) is 4.06. The van der Waals surface area contributed by atoms with Crippen molar-refractivity contribution in [3.63, 3.8) is 0 Å². The number of aromatic nitrogens is 1. The van der Waals surface area contributed by atoms with Gasteiger partial charge in [-0.1, -0.05) is 11.3 Å². The molecule has 0 aromatic carbocycles. The number of nitrogen functional groups attached to an aromatic ring is 1. The van der Waals surface area contributed by atoms with Gasteiger partial charge in [0.2, 0.25) is 0 Å². The van der Waals surface area contributed by atoms with Gasteiger partial charge in [-0.2, -0.15) is 0 Å². The van der Waals surface area contributed by atoms with E-state index >= 15 is 0 Å². The Hall–Kier alpha value is -1.34. The van der Waals surface area contributed by atoms with Crippen molar-refractivity contribution in [1.29, 1.82) is 0 Å². The number of nitrogens with zero attached hydrogens (tertiary/aromatic N) is 3. The topological polar surface area (TPSA) is 82.7 Å². The van der Waals surface area contributed by atoms with Crippen molar-refractivity contribution in [2.45, 2.75) is 25.7 Å². The van der Waals surface area contributed by atoms with E-state index in [1.807, 2.05) is 4.90 Å². The molecule has 21 heavy (non-hydrogen) atoms. The summed E-state index contributed by atoms with van der Waals surface area (Å²) < 4.78 is 0. The van der Waals surface area contributed by atoms with Gasteiger partial charge in [0, 0.05) is 32.8 Å². The molecule has 2 aliphatic rings. The Morgan fingerprint density at radius 1 is 1.33 bits per heavy atom. The van der Waals surface area contributed by atoms with Crippen molar-refractivity contribution in [2.24, 2.45) is 5.92 Å². The second-order valence-electron chi connectivity index (χ2n) is 5.85. The number of hydrogen-bond donors (Lipinski definition) is 2. The molecule has 0 saturated carbocycles. The third kappa shape index (κ3) is 2.98. The number of amides is 1. The molecule has 1 unspecified atom stereocenters. The standard InChI is InChI=1S/C14H22N4O2S/c15-12-11(21-14(16-12)17-5-1-2-6-17)13(20)18-7-3-4-10(8-18)9-19/h10,19H,1-9,15H2. The average molecular weight is 310 g/mol. The molecule has 116 valence electrons. The molecule has 7 heteroatoms. The van der Waals surface area contributed by atoms with Crippen LogP contribution in [0.3, 0.4) is 0 Å². The first-order valence-electron chi connectivity index (χ1n) is 7.60. The van der Waals surface area contributed by atoms with Crippen LogP contribution in [0.1, 0.15) is 35.4 Å². The lowest BCUT2D eigenvalue weighted by molar-refractivity contribution is 0.0626. The molecule has 3 rings (SSSR count). The van der Waals surface area contributed by atoms with E-state index in [-0.39, 0.29) is 18.4 Å². The molecule has 1 aromatic heterocycles. The van der Waals surface area contributed by atoms with Crippen molar-refractivity contribution in [3.8, 4) is 0 Å². The summed E-state index contributed by atoms with van der Waals surface area (Å²) in [6, 6.07) is 0. The zero-order chi connectivity index (χ0) is 14.8. The molecular weight excluding hydrogens is 288 g/mol. The summed E-state index contributed by atoms with van der Waals surface area (Å²) in [4.78, 5) is 21.6. The van der Waals surface area contributed by atoms with Crippen molar-refractivity contribution < 1.29 is 9.90 Å². The monoisotopic (exact) mass is 310 g/mol. The Morgan fingerprint density at radius 3 is 2.81 bits per heavy atom. The van der Waals surface area contributed by atoms with Gasteiger partial charge >= 0.3 is 0 Å². The van der Waals surface area contributed by atoms with Gasteiger partial charge in [0.05, 0.1) is 0 Å². The summed E-state index contributed by atoms with van der Waals surface area (Å²) >= 11 is 1.40. The minimum absolute atomic E-state index is 0.0337. The maximum Gasteiger partial charge on any atom is 0.267 e.